The molecule has 0 spiro atoms. The minimum absolute atomic E-state index is 0.370. The first-order valence-corrected chi connectivity index (χ1v) is 7.26. The van der Waals surface area contributed by atoms with Gasteiger partial charge in [0.05, 0.1) is 12.1 Å². The fourth-order valence-corrected chi connectivity index (χ4v) is 2.10. The summed E-state index contributed by atoms with van der Waals surface area (Å²) < 4.78 is 0.939. The molecule has 110 valence electrons. The molecule has 0 bridgehead atoms. The Bertz CT molecular complexity index is 590. The topological polar surface area (TPSA) is 74.2 Å². The highest BCUT2D eigenvalue weighted by atomic mass is 79.9. The van der Waals surface area contributed by atoms with Crippen molar-refractivity contribution in [1.29, 1.82) is 0 Å². The third-order valence-corrected chi connectivity index (χ3v) is 3.51. The second kappa shape index (κ2) is 7.19. The van der Waals surface area contributed by atoms with Crippen molar-refractivity contribution in [3.05, 3.63) is 58.8 Å². The number of anilines is 1. The lowest BCUT2D eigenvalue weighted by Gasteiger charge is -2.21. The fraction of sp³-hybridized carbons (Fsp3) is 0.200. The number of halogens is 1. The van der Waals surface area contributed by atoms with E-state index in [0.29, 0.717) is 5.69 Å². The van der Waals surface area contributed by atoms with E-state index in [1.807, 2.05) is 24.3 Å². The van der Waals surface area contributed by atoms with Gasteiger partial charge < -0.3 is 15.7 Å². The molecule has 0 saturated carbocycles. The van der Waals surface area contributed by atoms with E-state index in [1.165, 1.54) is 0 Å². The first-order valence-electron chi connectivity index (χ1n) is 6.47. The van der Waals surface area contributed by atoms with Crippen LogP contribution in [0, 0.1) is 0 Å². The molecule has 2 aromatic rings. The third-order valence-electron chi connectivity index (χ3n) is 2.98. The van der Waals surface area contributed by atoms with Gasteiger partial charge in [0.25, 0.3) is 0 Å². The van der Waals surface area contributed by atoms with Gasteiger partial charge in [-0.3, -0.25) is 4.98 Å². The zero-order valence-corrected chi connectivity index (χ0v) is 13.0. The average molecular weight is 350 g/mol. The van der Waals surface area contributed by atoms with Crippen LogP contribution in [0.25, 0.3) is 0 Å². The summed E-state index contributed by atoms with van der Waals surface area (Å²) in [6, 6.07) is 9.91. The summed E-state index contributed by atoms with van der Waals surface area (Å²) in [7, 11) is 0. The number of carbonyl (C=O) groups is 1. The highest BCUT2D eigenvalue weighted by Crippen LogP contribution is 2.19. The average Bonchev–Trinajstić information content (AvgIpc) is 2.48. The second-order valence-corrected chi connectivity index (χ2v) is 5.54. The van der Waals surface area contributed by atoms with Crippen LogP contribution in [-0.4, -0.2) is 22.2 Å². The van der Waals surface area contributed by atoms with Gasteiger partial charge in [0.1, 0.15) is 0 Å². The molecule has 0 aliphatic heterocycles. The van der Waals surface area contributed by atoms with Gasteiger partial charge in [-0.25, -0.2) is 4.79 Å². The molecule has 3 N–H and O–H groups in total. The number of aliphatic hydroxyl groups excluding tert-OH is 1. The highest BCUT2D eigenvalue weighted by Gasteiger charge is 2.18. The number of rotatable bonds is 4. The van der Waals surface area contributed by atoms with Crippen LogP contribution in [0.15, 0.2) is 53.3 Å². The lowest BCUT2D eigenvalue weighted by atomic mass is 10.0. The SMILES string of the molecule is C[C@@H](NC(=O)Nc1ccncc1)[C@@H](O)c1ccc(Br)cc1. The molecule has 0 saturated heterocycles. The van der Waals surface area contributed by atoms with Gasteiger partial charge in [0, 0.05) is 22.6 Å². The van der Waals surface area contributed by atoms with E-state index < -0.39 is 12.1 Å². The number of hydrogen-bond donors (Lipinski definition) is 3. The number of hydrogen-bond acceptors (Lipinski definition) is 3. The number of amides is 2. The maximum atomic E-state index is 11.9. The smallest absolute Gasteiger partial charge is 0.319 e. The zero-order valence-electron chi connectivity index (χ0n) is 11.5. The number of benzene rings is 1. The number of urea groups is 1. The lowest BCUT2D eigenvalue weighted by molar-refractivity contribution is 0.139. The van der Waals surface area contributed by atoms with Crippen molar-refractivity contribution in [3.63, 3.8) is 0 Å². The Balaban J connectivity index is 1.92. The monoisotopic (exact) mass is 349 g/mol. The van der Waals surface area contributed by atoms with Gasteiger partial charge in [-0.1, -0.05) is 28.1 Å². The van der Waals surface area contributed by atoms with Crippen molar-refractivity contribution in [3.8, 4) is 0 Å². The molecule has 2 rings (SSSR count). The lowest BCUT2D eigenvalue weighted by Crippen LogP contribution is -2.39. The summed E-state index contributed by atoms with van der Waals surface area (Å²) >= 11 is 3.34. The van der Waals surface area contributed by atoms with E-state index in [9.17, 15) is 9.90 Å². The van der Waals surface area contributed by atoms with Crippen LogP contribution in [0.4, 0.5) is 10.5 Å². The molecular formula is C15H16BrN3O2. The highest BCUT2D eigenvalue weighted by molar-refractivity contribution is 9.10. The molecular weight excluding hydrogens is 334 g/mol. The molecule has 0 aliphatic carbocycles. The van der Waals surface area contributed by atoms with Crippen molar-refractivity contribution in [1.82, 2.24) is 10.3 Å². The summed E-state index contributed by atoms with van der Waals surface area (Å²) in [4.78, 5) is 15.7. The summed E-state index contributed by atoms with van der Waals surface area (Å²) in [6.07, 6.45) is 2.41. The summed E-state index contributed by atoms with van der Waals surface area (Å²) in [5, 5.41) is 15.6. The van der Waals surface area contributed by atoms with E-state index in [-0.39, 0.29) is 6.03 Å². The molecule has 1 heterocycles. The first-order chi connectivity index (χ1) is 10.1. The molecule has 5 nitrogen and oxygen atoms in total. The number of aliphatic hydroxyl groups is 1. The van der Waals surface area contributed by atoms with Gasteiger partial charge in [-0.05, 0) is 36.8 Å². The molecule has 6 heteroatoms. The van der Waals surface area contributed by atoms with E-state index in [1.54, 1.807) is 31.5 Å². The number of nitrogens with one attached hydrogen (secondary N) is 2. The van der Waals surface area contributed by atoms with Crippen molar-refractivity contribution >= 4 is 27.6 Å². The second-order valence-electron chi connectivity index (χ2n) is 4.62. The predicted octanol–water partition coefficient (Wildman–Crippen LogP) is 3.09. The van der Waals surface area contributed by atoms with E-state index >= 15 is 0 Å². The van der Waals surface area contributed by atoms with Crippen LogP contribution < -0.4 is 10.6 Å². The van der Waals surface area contributed by atoms with Crippen LogP contribution in [0.5, 0.6) is 0 Å². The number of pyridine rings is 1. The third kappa shape index (κ3) is 4.54. The quantitative estimate of drug-likeness (QED) is 0.793. The predicted molar refractivity (Wildman–Crippen MR) is 85.0 cm³/mol. The fourth-order valence-electron chi connectivity index (χ4n) is 1.84. The van der Waals surface area contributed by atoms with E-state index in [2.05, 4.69) is 31.5 Å². The summed E-state index contributed by atoms with van der Waals surface area (Å²) in [5.41, 5.74) is 1.39. The molecule has 2 atom stereocenters. The number of nitrogens with zero attached hydrogens (tertiary/aromatic N) is 1. The van der Waals surface area contributed by atoms with Crippen molar-refractivity contribution < 1.29 is 9.90 Å². The maximum absolute atomic E-state index is 11.9. The van der Waals surface area contributed by atoms with Crippen LogP contribution in [0.1, 0.15) is 18.6 Å². The van der Waals surface area contributed by atoms with Gasteiger partial charge in [-0.2, -0.15) is 0 Å². The molecule has 0 radical (unpaired) electrons. The van der Waals surface area contributed by atoms with Gasteiger partial charge in [0.15, 0.2) is 0 Å². The van der Waals surface area contributed by atoms with Crippen LogP contribution >= 0.6 is 15.9 Å². The molecule has 1 aromatic heterocycles. The molecule has 21 heavy (non-hydrogen) atoms. The van der Waals surface area contributed by atoms with E-state index in [0.717, 1.165) is 10.0 Å². The Morgan fingerprint density at radius 3 is 2.43 bits per heavy atom. The number of aromatic nitrogens is 1. The first kappa shape index (κ1) is 15.5. The Morgan fingerprint density at radius 2 is 1.81 bits per heavy atom. The summed E-state index contributed by atoms with van der Waals surface area (Å²) in [6.45, 7) is 1.75. The van der Waals surface area contributed by atoms with Crippen molar-refractivity contribution in [2.75, 3.05) is 5.32 Å². The Morgan fingerprint density at radius 1 is 1.19 bits per heavy atom. The molecule has 0 aliphatic rings. The molecule has 0 fully saturated rings. The standard InChI is InChI=1S/C15H16BrN3O2/c1-10(14(20)11-2-4-12(16)5-3-11)18-15(21)19-13-6-8-17-9-7-13/h2-10,14,20H,1H3,(H2,17,18,19,21)/t10-,14-/m1/s1. The van der Waals surface area contributed by atoms with Gasteiger partial charge in [0.2, 0.25) is 0 Å². The Labute approximate surface area is 131 Å². The van der Waals surface area contributed by atoms with Crippen molar-refractivity contribution in [2.24, 2.45) is 0 Å². The Hall–Kier alpha value is -1.92. The Kier molecular flexibility index (Phi) is 5.30. The largest absolute Gasteiger partial charge is 0.386 e. The van der Waals surface area contributed by atoms with E-state index in [4.69, 9.17) is 0 Å². The minimum Gasteiger partial charge on any atom is -0.386 e. The molecule has 0 unspecified atom stereocenters. The number of carbonyl (C=O) groups excluding carboxylic acids is 1. The zero-order chi connectivity index (χ0) is 15.2. The molecule has 1 aromatic carbocycles. The maximum Gasteiger partial charge on any atom is 0.319 e. The van der Waals surface area contributed by atoms with Crippen LogP contribution in [0.3, 0.4) is 0 Å². The minimum atomic E-state index is -0.777. The van der Waals surface area contributed by atoms with Crippen LogP contribution in [-0.2, 0) is 0 Å². The summed E-state index contributed by atoms with van der Waals surface area (Å²) in [5.74, 6) is 0. The van der Waals surface area contributed by atoms with Crippen molar-refractivity contribution in [2.45, 2.75) is 19.1 Å². The van der Waals surface area contributed by atoms with Gasteiger partial charge >= 0.3 is 6.03 Å². The molecule has 2 amide bonds. The van der Waals surface area contributed by atoms with Crippen LogP contribution in [0.2, 0.25) is 0 Å². The normalized spacial score (nSPS) is 13.3. The van der Waals surface area contributed by atoms with Gasteiger partial charge in [-0.15, -0.1) is 0 Å².